The van der Waals surface area contributed by atoms with E-state index < -0.39 is 9.84 Å². The third kappa shape index (κ3) is 5.64. The molecular weight excluding hydrogens is 821 g/mol. The molecule has 0 saturated heterocycles. The van der Waals surface area contributed by atoms with E-state index in [1.54, 1.807) is 18.2 Å². The molecule has 4 heterocycles. The molecular formula is C56H36N6O2S. The van der Waals surface area contributed by atoms with Crippen molar-refractivity contribution in [3.05, 3.63) is 199 Å². The maximum Gasteiger partial charge on any atom is 0.206 e. The Morgan fingerprint density at radius 2 is 1.05 bits per heavy atom. The van der Waals surface area contributed by atoms with Crippen LogP contribution in [0, 0.1) is 11.3 Å². The monoisotopic (exact) mass is 856 g/mol. The topological polar surface area (TPSA) is 98.5 Å². The lowest BCUT2D eigenvalue weighted by Crippen LogP contribution is -2.03. The van der Waals surface area contributed by atoms with Crippen LogP contribution in [-0.4, -0.2) is 32.1 Å². The Labute approximate surface area is 373 Å². The molecule has 12 aromatic rings. The first-order valence-corrected chi connectivity index (χ1v) is 22.8. The lowest BCUT2D eigenvalue weighted by Gasteiger charge is -2.12. The second-order valence-electron chi connectivity index (χ2n) is 16.1. The molecule has 0 unspecified atom stereocenters. The van der Waals surface area contributed by atoms with E-state index >= 15 is 0 Å². The summed E-state index contributed by atoms with van der Waals surface area (Å²) in [6.45, 7) is 5.94. The van der Waals surface area contributed by atoms with Crippen molar-refractivity contribution < 1.29 is 8.42 Å². The zero-order chi connectivity index (χ0) is 44.0. The van der Waals surface area contributed by atoms with Gasteiger partial charge in [0.2, 0.25) is 9.84 Å². The molecule has 0 aliphatic heterocycles. The number of hydrogen-bond donors (Lipinski definition) is 0. The Morgan fingerprint density at radius 3 is 1.63 bits per heavy atom. The number of nitrogens with zero attached hydrogens (tertiary/aromatic N) is 6. The molecule has 4 aromatic heterocycles. The molecule has 0 amide bonds. The van der Waals surface area contributed by atoms with Gasteiger partial charge in [0.25, 0.3) is 0 Å². The van der Waals surface area contributed by atoms with Crippen LogP contribution in [0.25, 0.3) is 106 Å². The Morgan fingerprint density at radius 1 is 0.523 bits per heavy atom. The number of rotatable bonds is 7. The summed E-state index contributed by atoms with van der Waals surface area (Å²) >= 11 is 0. The molecule has 8 aromatic carbocycles. The van der Waals surface area contributed by atoms with Crippen LogP contribution in [0.2, 0.25) is 0 Å². The summed E-state index contributed by atoms with van der Waals surface area (Å²) in [5.41, 5.74) is 12.5. The van der Waals surface area contributed by atoms with Crippen molar-refractivity contribution in [2.45, 2.75) is 16.7 Å². The van der Waals surface area contributed by atoms with Crippen molar-refractivity contribution in [1.82, 2.24) is 23.7 Å². The van der Waals surface area contributed by atoms with Gasteiger partial charge in [0.05, 0.1) is 76.9 Å². The van der Waals surface area contributed by atoms with E-state index in [0.29, 0.717) is 5.56 Å². The van der Waals surface area contributed by atoms with Gasteiger partial charge in [0.1, 0.15) is 0 Å². The smallest absolute Gasteiger partial charge is 0.206 e. The number of fused-ring (bicyclic) bond motifs is 12. The van der Waals surface area contributed by atoms with Crippen LogP contribution in [0.15, 0.2) is 192 Å². The molecule has 308 valence electrons. The minimum atomic E-state index is -3.89. The summed E-state index contributed by atoms with van der Waals surface area (Å²) in [4.78, 5) is 10.2. The molecule has 0 spiro atoms. The van der Waals surface area contributed by atoms with Gasteiger partial charge in [-0.2, -0.15) is 5.26 Å². The van der Waals surface area contributed by atoms with Crippen molar-refractivity contribution in [1.29, 1.82) is 5.26 Å². The fourth-order valence-electron chi connectivity index (χ4n) is 9.75. The lowest BCUT2D eigenvalue weighted by molar-refractivity contribution is 0.596. The first-order valence-electron chi connectivity index (χ1n) is 21.3. The van der Waals surface area contributed by atoms with Crippen LogP contribution >= 0.6 is 0 Å². The van der Waals surface area contributed by atoms with Gasteiger partial charge >= 0.3 is 0 Å². The molecule has 0 saturated carbocycles. The highest BCUT2D eigenvalue weighted by Gasteiger charge is 2.26. The first kappa shape index (κ1) is 38.1. The maximum atomic E-state index is 14.0. The van der Waals surface area contributed by atoms with Crippen LogP contribution in [0.3, 0.4) is 0 Å². The summed E-state index contributed by atoms with van der Waals surface area (Å²) in [5.74, 6) is 0. The Hall–Kier alpha value is -8.58. The van der Waals surface area contributed by atoms with E-state index in [9.17, 15) is 13.7 Å². The number of hydrogen-bond acceptors (Lipinski definition) is 5. The normalized spacial score (nSPS) is 12.2. The zero-order valence-electron chi connectivity index (χ0n) is 35.0. The summed E-state index contributed by atoms with van der Waals surface area (Å²) in [7, 11) is -3.89. The van der Waals surface area contributed by atoms with E-state index in [1.807, 2.05) is 43.3 Å². The SMILES string of the molecule is C=Cc1nc2ccc(-n3c4ccccc4c4c3ccc3c5ccc6c(c7ccccc7n6-c6ccccc6)c5n(-c5ccc(S(=O)(=O)c6ccc(C#N)cc6)cc5)c34)cc2nc1/C=C\C. The van der Waals surface area contributed by atoms with Gasteiger partial charge in [-0.3, -0.25) is 0 Å². The summed E-state index contributed by atoms with van der Waals surface area (Å²) in [5, 5.41) is 15.8. The molecule has 8 nitrogen and oxygen atoms in total. The maximum absolute atomic E-state index is 14.0. The summed E-state index contributed by atoms with van der Waals surface area (Å²) < 4.78 is 35.0. The van der Waals surface area contributed by atoms with Crippen molar-refractivity contribution in [2.24, 2.45) is 0 Å². The number of aromatic nitrogens is 5. The molecule has 0 fully saturated rings. The fraction of sp³-hybridized carbons (Fsp3) is 0.0179. The van der Waals surface area contributed by atoms with Crippen LogP contribution in [0.4, 0.5) is 0 Å². The predicted molar refractivity (Wildman–Crippen MR) is 264 cm³/mol. The number of allylic oxidation sites excluding steroid dienone is 1. The Balaban J connectivity index is 1.20. The molecule has 0 atom stereocenters. The quantitative estimate of drug-likeness (QED) is 0.159. The minimum absolute atomic E-state index is 0.130. The summed E-state index contributed by atoms with van der Waals surface area (Å²) in [6, 6.07) is 57.9. The second kappa shape index (κ2) is 14.5. The molecule has 65 heavy (non-hydrogen) atoms. The van der Waals surface area contributed by atoms with Gasteiger partial charge in [-0.05, 0) is 122 Å². The predicted octanol–water partition coefficient (Wildman–Crippen LogP) is 13.3. The Kier molecular flexibility index (Phi) is 8.50. The molecule has 9 heteroatoms. The average molecular weight is 857 g/mol. The Bertz CT molecular complexity index is 4150. The number of sulfone groups is 1. The van der Waals surface area contributed by atoms with E-state index in [4.69, 9.17) is 9.97 Å². The van der Waals surface area contributed by atoms with Crippen molar-refractivity contribution in [2.75, 3.05) is 0 Å². The van der Waals surface area contributed by atoms with E-state index in [-0.39, 0.29) is 9.79 Å². The largest absolute Gasteiger partial charge is 0.309 e. The highest BCUT2D eigenvalue weighted by atomic mass is 32.2. The third-order valence-electron chi connectivity index (χ3n) is 12.6. The van der Waals surface area contributed by atoms with Crippen molar-refractivity contribution >= 4 is 98.4 Å². The standard InChI is InChI=1S/C56H36N6O2S/c1-3-12-46-45(4-2)58-47-30-23-38(33-48(47)59-46)61-50-18-11-9-16-44(50)54-52(61)32-29-42-41-28-31-51-53(43-15-8-10-17-49(43)60(51)36-13-6-5-7-14-36)55(41)62(56(42)54)37-21-26-40(27-22-37)65(63,64)39-24-19-35(34-57)20-25-39/h3-33H,2H2,1H3/b12-3-. The van der Waals surface area contributed by atoms with E-state index in [2.05, 4.69) is 136 Å². The fourth-order valence-corrected chi connectivity index (χ4v) is 11.0. The van der Waals surface area contributed by atoms with Gasteiger partial charge in [-0.1, -0.05) is 79.4 Å². The average Bonchev–Trinajstić information content (AvgIpc) is 4.00. The number of nitriles is 1. The second-order valence-corrected chi connectivity index (χ2v) is 18.0. The molecule has 0 aliphatic carbocycles. The van der Waals surface area contributed by atoms with E-state index in [0.717, 1.165) is 105 Å². The van der Waals surface area contributed by atoms with Gasteiger partial charge in [0, 0.05) is 49.4 Å². The molecule has 0 bridgehead atoms. The molecule has 0 N–H and O–H groups in total. The minimum Gasteiger partial charge on any atom is -0.309 e. The van der Waals surface area contributed by atoms with Crippen molar-refractivity contribution in [3.8, 4) is 23.1 Å². The number of para-hydroxylation sites is 3. The van der Waals surface area contributed by atoms with Crippen LogP contribution in [0.5, 0.6) is 0 Å². The van der Waals surface area contributed by atoms with Gasteiger partial charge in [-0.15, -0.1) is 0 Å². The van der Waals surface area contributed by atoms with Gasteiger partial charge in [-0.25, -0.2) is 18.4 Å². The highest BCUT2D eigenvalue weighted by molar-refractivity contribution is 7.91. The van der Waals surface area contributed by atoms with Crippen LogP contribution < -0.4 is 0 Å². The van der Waals surface area contributed by atoms with Crippen LogP contribution in [0.1, 0.15) is 23.9 Å². The molecule has 0 radical (unpaired) electrons. The van der Waals surface area contributed by atoms with Crippen LogP contribution in [-0.2, 0) is 9.84 Å². The lowest BCUT2D eigenvalue weighted by atomic mass is 10.1. The zero-order valence-corrected chi connectivity index (χ0v) is 35.8. The molecule has 12 rings (SSSR count). The van der Waals surface area contributed by atoms with Gasteiger partial charge in [0.15, 0.2) is 0 Å². The number of benzene rings is 8. The highest BCUT2D eigenvalue weighted by Crippen LogP contribution is 2.46. The molecule has 0 aliphatic rings. The van der Waals surface area contributed by atoms with E-state index in [1.165, 1.54) is 24.3 Å². The van der Waals surface area contributed by atoms with Crippen molar-refractivity contribution in [3.63, 3.8) is 0 Å². The third-order valence-corrected chi connectivity index (χ3v) is 14.3. The first-order chi connectivity index (χ1) is 31.9. The van der Waals surface area contributed by atoms with Gasteiger partial charge < -0.3 is 13.7 Å². The summed E-state index contributed by atoms with van der Waals surface area (Å²) in [6.07, 6.45) is 5.65.